The summed E-state index contributed by atoms with van der Waals surface area (Å²) >= 11 is 0. The normalized spacial score (nSPS) is 13.9. The Bertz CT molecular complexity index is 166. The van der Waals surface area contributed by atoms with E-state index in [1.807, 2.05) is 27.7 Å². The first-order valence-electron chi connectivity index (χ1n) is 4.83. The number of nitrogens with one attached hydrogen (secondary N) is 1. The van der Waals surface area contributed by atoms with Gasteiger partial charge in [0, 0.05) is 18.6 Å². The molecule has 0 rings (SSSR count). The molecule has 0 aliphatic heterocycles. The van der Waals surface area contributed by atoms with E-state index in [0.29, 0.717) is 6.54 Å². The van der Waals surface area contributed by atoms with E-state index in [1.165, 1.54) is 0 Å². The quantitative estimate of drug-likeness (QED) is 0.678. The lowest BCUT2D eigenvalue weighted by molar-refractivity contribution is -0.129. The van der Waals surface area contributed by atoms with E-state index in [-0.39, 0.29) is 23.8 Å². The molecule has 1 atom stereocenters. The zero-order valence-corrected chi connectivity index (χ0v) is 9.05. The summed E-state index contributed by atoms with van der Waals surface area (Å²) in [4.78, 5) is 11.5. The molecule has 1 unspecified atom stereocenters. The molecule has 0 radical (unpaired) electrons. The third-order valence-corrected chi connectivity index (χ3v) is 2.42. The van der Waals surface area contributed by atoms with Crippen molar-refractivity contribution in [3.05, 3.63) is 0 Å². The van der Waals surface area contributed by atoms with E-state index in [9.17, 15) is 4.79 Å². The maximum atomic E-state index is 11.5. The summed E-state index contributed by atoms with van der Waals surface area (Å²) in [5.74, 6) is 0.201. The Morgan fingerprint density at radius 2 is 2.08 bits per heavy atom. The van der Waals surface area contributed by atoms with Crippen LogP contribution in [0.4, 0.5) is 0 Å². The predicted molar refractivity (Wildman–Crippen MR) is 53.3 cm³/mol. The highest BCUT2D eigenvalue weighted by molar-refractivity contribution is 5.81. The Labute approximate surface area is 80.5 Å². The third-order valence-electron chi connectivity index (χ3n) is 2.42. The molecule has 0 aromatic rings. The number of carbonyl (C=O) groups excluding carboxylic acids is 1. The van der Waals surface area contributed by atoms with Crippen LogP contribution in [-0.2, 0) is 4.79 Å². The van der Waals surface area contributed by atoms with E-state index in [2.05, 4.69) is 5.32 Å². The van der Waals surface area contributed by atoms with Crippen molar-refractivity contribution in [2.45, 2.75) is 34.1 Å². The highest BCUT2D eigenvalue weighted by Gasteiger charge is 2.24. The minimum atomic E-state index is -0.296. The van der Waals surface area contributed by atoms with Crippen molar-refractivity contribution < 1.29 is 9.90 Å². The van der Waals surface area contributed by atoms with Crippen LogP contribution in [0.3, 0.4) is 0 Å². The van der Waals surface area contributed by atoms with Gasteiger partial charge in [-0.15, -0.1) is 0 Å². The first kappa shape index (κ1) is 12.4. The summed E-state index contributed by atoms with van der Waals surface area (Å²) in [7, 11) is 0. The maximum absolute atomic E-state index is 11.5. The molecular formula is C10H21NO2. The molecular weight excluding hydrogens is 166 g/mol. The average Bonchev–Trinajstić information content (AvgIpc) is 2.13. The fraction of sp³-hybridized carbons (Fsp3) is 0.900. The van der Waals surface area contributed by atoms with Gasteiger partial charge in [0.1, 0.15) is 0 Å². The van der Waals surface area contributed by atoms with E-state index in [1.54, 1.807) is 0 Å². The smallest absolute Gasteiger partial charge is 0.225 e. The van der Waals surface area contributed by atoms with Gasteiger partial charge in [0.25, 0.3) is 0 Å². The molecule has 0 saturated heterocycles. The van der Waals surface area contributed by atoms with Gasteiger partial charge in [-0.3, -0.25) is 4.79 Å². The van der Waals surface area contributed by atoms with Crippen LogP contribution in [0.25, 0.3) is 0 Å². The van der Waals surface area contributed by atoms with Crippen LogP contribution in [0.1, 0.15) is 34.1 Å². The highest BCUT2D eigenvalue weighted by Crippen LogP contribution is 2.19. The van der Waals surface area contributed by atoms with Crippen LogP contribution in [0, 0.1) is 11.3 Å². The molecule has 1 amide bonds. The number of aliphatic hydroxyl groups excluding tert-OH is 1. The van der Waals surface area contributed by atoms with Gasteiger partial charge in [-0.1, -0.05) is 27.7 Å². The molecule has 13 heavy (non-hydrogen) atoms. The summed E-state index contributed by atoms with van der Waals surface area (Å²) in [5, 5.41) is 11.6. The average molecular weight is 187 g/mol. The number of carbonyl (C=O) groups is 1. The van der Waals surface area contributed by atoms with Gasteiger partial charge in [0.2, 0.25) is 5.91 Å². The first-order valence-corrected chi connectivity index (χ1v) is 4.83. The molecule has 0 heterocycles. The Kier molecular flexibility index (Phi) is 4.99. The monoisotopic (exact) mass is 187 g/mol. The van der Waals surface area contributed by atoms with Gasteiger partial charge in [-0.2, -0.15) is 0 Å². The topological polar surface area (TPSA) is 49.3 Å². The number of hydrogen-bond donors (Lipinski definition) is 2. The summed E-state index contributed by atoms with van der Waals surface area (Å²) in [6.45, 7) is 8.41. The summed E-state index contributed by atoms with van der Waals surface area (Å²) in [5.41, 5.74) is -0.296. The fourth-order valence-corrected chi connectivity index (χ4v) is 0.731. The van der Waals surface area contributed by atoms with E-state index < -0.39 is 0 Å². The molecule has 3 nitrogen and oxygen atoms in total. The van der Waals surface area contributed by atoms with Gasteiger partial charge in [-0.05, 0) is 12.3 Å². The largest absolute Gasteiger partial charge is 0.396 e. The standard InChI is InChI=1S/C10H21NO2/c1-5-10(3,4)9(13)11-6-8(2)7-12/h8,12H,5-7H2,1-4H3,(H,11,13). The molecule has 0 aromatic carbocycles. The van der Waals surface area contributed by atoms with Crippen LogP contribution < -0.4 is 5.32 Å². The summed E-state index contributed by atoms with van der Waals surface area (Å²) < 4.78 is 0. The molecule has 0 saturated carbocycles. The number of rotatable bonds is 5. The van der Waals surface area contributed by atoms with Gasteiger partial charge in [0.15, 0.2) is 0 Å². The first-order chi connectivity index (χ1) is 5.94. The van der Waals surface area contributed by atoms with Crippen LogP contribution in [-0.4, -0.2) is 24.2 Å². The van der Waals surface area contributed by atoms with Gasteiger partial charge in [0.05, 0.1) is 0 Å². The molecule has 78 valence electrons. The molecule has 0 aromatic heterocycles. The SMILES string of the molecule is CCC(C)(C)C(=O)NCC(C)CO. The van der Waals surface area contributed by atoms with Crippen LogP contribution >= 0.6 is 0 Å². The predicted octanol–water partition coefficient (Wildman–Crippen LogP) is 1.17. The van der Waals surface area contributed by atoms with Crippen molar-refractivity contribution in [3.63, 3.8) is 0 Å². The Morgan fingerprint density at radius 3 is 2.46 bits per heavy atom. The lowest BCUT2D eigenvalue weighted by Gasteiger charge is -2.22. The second-order valence-corrected chi connectivity index (χ2v) is 4.24. The zero-order valence-electron chi connectivity index (χ0n) is 9.05. The zero-order chi connectivity index (χ0) is 10.5. The van der Waals surface area contributed by atoms with E-state index >= 15 is 0 Å². The van der Waals surface area contributed by atoms with Crippen molar-refractivity contribution in [1.29, 1.82) is 0 Å². The van der Waals surface area contributed by atoms with Crippen LogP contribution in [0.5, 0.6) is 0 Å². The lowest BCUT2D eigenvalue weighted by atomic mass is 9.89. The number of aliphatic hydroxyl groups is 1. The number of amides is 1. The Hall–Kier alpha value is -0.570. The molecule has 0 aliphatic rings. The van der Waals surface area contributed by atoms with Crippen molar-refractivity contribution in [2.24, 2.45) is 11.3 Å². The minimum Gasteiger partial charge on any atom is -0.396 e. The molecule has 0 aliphatic carbocycles. The lowest BCUT2D eigenvalue weighted by Crippen LogP contribution is -2.39. The molecule has 3 heteroatoms. The van der Waals surface area contributed by atoms with E-state index in [4.69, 9.17) is 5.11 Å². The van der Waals surface area contributed by atoms with E-state index in [0.717, 1.165) is 6.42 Å². The van der Waals surface area contributed by atoms with Crippen molar-refractivity contribution >= 4 is 5.91 Å². The van der Waals surface area contributed by atoms with Crippen LogP contribution in [0.15, 0.2) is 0 Å². The number of hydrogen-bond acceptors (Lipinski definition) is 2. The summed E-state index contributed by atoms with van der Waals surface area (Å²) in [6, 6.07) is 0. The Balaban J connectivity index is 3.88. The molecule has 0 spiro atoms. The fourth-order valence-electron chi connectivity index (χ4n) is 0.731. The second kappa shape index (κ2) is 5.22. The third kappa shape index (κ3) is 4.27. The van der Waals surface area contributed by atoms with Crippen molar-refractivity contribution in [2.75, 3.05) is 13.2 Å². The van der Waals surface area contributed by atoms with Gasteiger partial charge in [-0.25, -0.2) is 0 Å². The van der Waals surface area contributed by atoms with Gasteiger partial charge >= 0.3 is 0 Å². The molecule has 0 bridgehead atoms. The molecule has 2 N–H and O–H groups in total. The van der Waals surface area contributed by atoms with Gasteiger partial charge < -0.3 is 10.4 Å². The van der Waals surface area contributed by atoms with Crippen LogP contribution in [0.2, 0.25) is 0 Å². The van der Waals surface area contributed by atoms with Crippen molar-refractivity contribution in [3.8, 4) is 0 Å². The minimum absolute atomic E-state index is 0.0651. The summed E-state index contributed by atoms with van der Waals surface area (Å²) in [6.07, 6.45) is 0.826. The second-order valence-electron chi connectivity index (χ2n) is 4.24. The van der Waals surface area contributed by atoms with Crippen molar-refractivity contribution in [1.82, 2.24) is 5.32 Å². The molecule has 0 fully saturated rings. The highest BCUT2D eigenvalue weighted by atomic mass is 16.3. The maximum Gasteiger partial charge on any atom is 0.225 e. The Morgan fingerprint density at radius 1 is 1.54 bits per heavy atom.